The monoisotopic (exact) mass is 237 g/mol. The lowest BCUT2D eigenvalue weighted by Crippen LogP contribution is -2.18. The van der Waals surface area contributed by atoms with E-state index in [1.165, 1.54) is 11.8 Å². The van der Waals surface area contributed by atoms with Gasteiger partial charge in [-0.25, -0.2) is 0 Å². The van der Waals surface area contributed by atoms with Crippen LogP contribution in [-0.4, -0.2) is 16.3 Å². The Labute approximate surface area is 99.0 Å². The molecule has 4 heteroatoms. The van der Waals surface area contributed by atoms with E-state index < -0.39 is 5.97 Å². The molecule has 2 rings (SSSR count). The maximum atomic E-state index is 11.1. The van der Waals surface area contributed by atoms with E-state index in [-0.39, 0.29) is 5.25 Å². The van der Waals surface area contributed by atoms with Crippen molar-refractivity contribution in [2.45, 2.75) is 29.9 Å². The van der Waals surface area contributed by atoms with Crippen molar-refractivity contribution in [2.75, 3.05) is 5.73 Å². The summed E-state index contributed by atoms with van der Waals surface area (Å²) in [5.41, 5.74) is 7.65. The number of carbonyl (C=O) groups is 1. The van der Waals surface area contributed by atoms with Crippen LogP contribution < -0.4 is 5.73 Å². The van der Waals surface area contributed by atoms with Gasteiger partial charge in [0.2, 0.25) is 0 Å². The molecule has 1 unspecified atom stereocenters. The van der Waals surface area contributed by atoms with Crippen LogP contribution in [0.5, 0.6) is 0 Å². The zero-order valence-electron chi connectivity index (χ0n) is 9.14. The van der Waals surface area contributed by atoms with Gasteiger partial charge < -0.3 is 10.8 Å². The molecule has 1 atom stereocenters. The number of hydrogen-bond donors (Lipinski definition) is 2. The first kappa shape index (κ1) is 11.3. The number of aliphatic carboxylic acids is 1. The second-order valence-corrected chi connectivity index (χ2v) is 5.38. The van der Waals surface area contributed by atoms with E-state index in [1.54, 1.807) is 0 Å². The Balaban J connectivity index is 2.18. The molecule has 0 saturated heterocycles. The Morgan fingerprint density at radius 1 is 1.56 bits per heavy atom. The predicted molar refractivity (Wildman–Crippen MR) is 65.6 cm³/mol. The summed E-state index contributed by atoms with van der Waals surface area (Å²) in [4.78, 5) is 12.0. The summed E-state index contributed by atoms with van der Waals surface area (Å²) in [6, 6.07) is 5.75. The van der Waals surface area contributed by atoms with Crippen molar-refractivity contribution in [1.82, 2.24) is 0 Å². The molecule has 1 aromatic carbocycles. The van der Waals surface area contributed by atoms with Gasteiger partial charge in [-0.05, 0) is 37.3 Å². The minimum absolute atomic E-state index is 0.322. The van der Waals surface area contributed by atoms with Crippen LogP contribution in [0.1, 0.15) is 18.4 Å². The zero-order chi connectivity index (χ0) is 11.7. The van der Waals surface area contributed by atoms with Crippen LogP contribution in [0.4, 0.5) is 5.69 Å². The fraction of sp³-hybridized carbons (Fsp3) is 0.417. The van der Waals surface area contributed by atoms with Crippen LogP contribution in [0.25, 0.3) is 0 Å². The quantitative estimate of drug-likeness (QED) is 0.624. The number of nitrogen functional groups attached to an aromatic ring is 1. The van der Waals surface area contributed by atoms with Gasteiger partial charge in [0.1, 0.15) is 5.25 Å². The van der Waals surface area contributed by atoms with Gasteiger partial charge in [0.05, 0.1) is 0 Å². The molecule has 3 nitrogen and oxygen atoms in total. The third kappa shape index (κ3) is 2.32. The van der Waals surface area contributed by atoms with Crippen molar-refractivity contribution in [3.05, 3.63) is 23.8 Å². The van der Waals surface area contributed by atoms with E-state index in [0.717, 1.165) is 23.3 Å². The van der Waals surface area contributed by atoms with Crippen molar-refractivity contribution in [3.8, 4) is 0 Å². The second kappa shape index (κ2) is 4.37. The number of anilines is 1. The summed E-state index contributed by atoms with van der Waals surface area (Å²) in [7, 11) is 0. The Hall–Kier alpha value is -1.16. The molecule has 0 radical (unpaired) electrons. The van der Waals surface area contributed by atoms with Gasteiger partial charge in [0.25, 0.3) is 0 Å². The summed E-state index contributed by atoms with van der Waals surface area (Å²) in [6.45, 7) is 1.94. The van der Waals surface area contributed by atoms with Gasteiger partial charge in [-0.2, -0.15) is 0 Å². The lowest BCUT2D eigenvalue weighted by atomic mass is 10.2. The van der Waals surface area contributed by atoms with Gasteiger partial charge in [-0.3, -0.25) is 4.79 Å². The van der Waals surface area contributed by atoms with Crippen molar-refractivity contribution in [2.24, 2.45) is 5.92 Å². The first-order valence-corrected chi connectivity index (χ1v) is 6.22. The Bertz CT molecular complexity index is 415. The first-order valence-electron chi connectivity index (χ1n) is 5.34. The molecule has 1 aliphatic carbocycles. The summed E-state index contributed by atoms with van der Waals surface area (Å²) in [5, 5.41) is 8.80. The average Bonchev–Trinajstić information content (AvgIpc) is 3.03. The summed E-state index contributed by atoms with van der Waals surface area (Å²) in [5.74, 6) is -0.407. The highest BCUT2D eigenvalue weighted by atomic mass is 32.2. The largest absolute Gasteiger partial charge is 0.480 e. The van der Waals surface area contributed by atoms with Gasteiger partial charge >= 0.3 is 5.97 Å². The molecule has 0 aliphatic heterocycles. The molecule has 0 heterocycles. The number of carboxylic acids is 1. The van der Waals surface area contributed by atoms with E-state index in [9.17, 15) is 4.79 Å². The molecule has 0 aromatic heterocycles. The van der Waals surface area contributed by atoms with Crippen molar-refractivity contribution in [1.29, 1.82) is 0 Å². The highest BCUT2D eigenvalue weighted by Crippen LogP contribution is 2.43. The number of para-hydroxylation sites is 1. The van der Waals surface area contributed by atoms with Crippen molar-refractivity contribution < 1.29 is 9.90 Å². The highest BCUT2D eigenvalue weighted by molar-refractivity contribution is 8.00. The minimum Gasteiger partial charge on any atom is -0.480 e. The topological polar surface area (TPSA) is 63.3 Å². The summed E-state index contributed by atoms with van der Waals surface area (Å²) >= 11 is 1.38. The van der Waals surface area contributed by atoms with Crippen LogP contribution in [0.3, 0.4) is 0 Å². The molecule has 16 heavy (non-hydrogen) atoms. The first-order chi connectivity index (χ1) is 7.59. The Kier molecular flexibility index (Phi) is 3.10. The Morgan fingerprint density at radius 2 is 2.25 bits per heavy atom. The number of rotatable bonds is 4. The lowest BCUT2D eigenvalue weighted by Gasteiger charge is -2.13. The van der Waals surface area contributed by atoms with E-state index >= 15 is 0 Å². The lowest BCUT2D eigenvalue weighted by molar-refractivity contribution is -0.136. The van der Waals surface area contributed by atoms with Crippen LogP contribution >= 0.6 is 11.8 Å². The number of benzene rings is 1. The third-order valence-corrected chi connectivity index (χ3v) is 4.28. The van der Waals surface area contributed by atoms with Gasteiger partial charge in [0.15, 0.2) is 0 Å². The third-order valence-electron chi connectivity index (χ3n) is 2.83. The molecule has 1 aromatic rings. The van der Waals surface area contributed by atoms with Gasteiger partial charge in [-0.15, -0.1) is 11.8 Å². The SMILES string of the molecule is Cc1cccc(SC(C(=O)O)C2CC2)c1N. The van der Waals surface area contributed by atoms with Crippen LogP contribution in [0.15, 0.2) is 23.1 Å². The van der Waals surface area contributed by atoms with E-state index in [1.807, 2.05) is 25.1 Å². The maximum absolute atomic E-state index is 11.1. The van der Waals surface area contributed by atoms with Crippen LogP contribution in [0.2, 0.25) is 0 Å². The van der Waals surface area contributed by atoms with Gasteiger partial charge in [0, 0.05) is 10.6 Å². The van der Waals surface area contributed by atoms with Crippen LogP contribution in [-0.2, 0) is 4.79 Å². The molecule has 1 saturated carbocycles. The molecule has 1 fully saturated rings. The molecular formula is C12H15NO2S. The van der Waals surface area contributed by atoms with Gasteiger partial charge in [-0.1, -0.05) is 12.1 Å². The predicted octanol–water partition coefficient (Wildman–Crippen LogP) is 2.53. The van der Waals surface area contributed by atoms with E-state index in [2.05, 4.69) is 0 Å². The highest BCUT2D eigenvalue weighted by Gasteiger charge is 2.37. The minimum atomic E-state index is -0.728. The Morgan fingerprint density at radius 3 is 2.81 bits per heavy atom. The maximum Gasteiger partial charge on any atom is 0.317 e. The second-order valence-electron chi connectivity index (χ2n) is 4.20. The standard InChI is InChI=1S/C12H15NO2S/c1-7-3-2-4-9(10(7)13)16-11(12(14)15)8-5-6-8/h2-4,8,11H,5-6,13H2,1H3,(H,14,15). The van der Waals surface area contributed by atoms with Crippen molar-refractivity contribution in [3.63, 3.8) is 0 Å². The smallest absolute Gasteiger partial charge is 0.317 e. The summed E-state index contributed by atoms with van der Waals surface area (Å²) < 4.78 is 0. The molecule has 1 aliphatic rings. The molecule has 0 bridgehead atoms. The molecule has 86 valence electrons. The molecule has 0 amide bonds. The molecule has 3 N–H and O–H groups in total. The summed E-state index contributed by atoms with van der Waals surface area (Å²) in [6.07, 6.45) is 2.05. The van der Waals surface area contributed by atoms with Crippen molar-refractivity contribution >= 4 is 23.4 Å². The zero-order valence-corrected chi connectivity index (χ0v) is 9.96. The fourth-order valence-corrected chi connectivity index (χ4v) is 2.92. The average molecular weight is 237 g/mol. The number of aryl methyl sites for hydroxylation is 1. The number of thioether (sulfide) groups is 1. The number of nitrogens with two attached hydrogens (primary N) is 1. The van der Waals surface area contributed by atoms with E-state index in [4.69, 9.17) is 10.8 Å². The fourth-order valence-electron chi connectivity index (χ4n) is 1.64. The van der Waals surface area contributed by atoms with E-state index in [0.29, 0.717) is 11.6 Å². The molecular weight excluding hydrogens is 222 g/mol. The number of hydrogen-bond acceptors (Lipinski definition) is 3. The van der Waals surface area contributed by atoms with Crippen LogP contribution in [0, 0.1) is 12.8 Å². The normalized spacial score (nSPS) is 17.1. The molecule has 0 spiro atoms. The number of carboxylic acid groups (broad SMARTS) is 1.